The topological polar surface area (TPSA) is 59.1 Å². The molecule has 0 saturated carbocycles. The second kappa shape index (κ2) is 7.95. The summed E-state index contributed by atoms with van der Waals surface area (Å²) in [6.45, 7) is 5.66. The van der Waals surface area contributed by atoms with E-state index in [-0.39, 0.29) is 17.7 Å². The molecule has 6 nitrogen and oxygen atoms in total. The number of methoxy groups -OCH3 is 2. The first kappa shape index (κ1) is 19.4. The number of carbonyl (C=O) groups excluding carboxylic acids is 2. The van der Waals surface area contributed by atoms with E-state index in [0.717, 1.165) is 0 Å². The molecule has 1 fully saturated rings. The van der Waals surface area contributed by atoms with Crippen LogP contribution in [0.1, 0.15) is 24.2 Å². The molecule has 1 aromatic rings. The van der Waals surface area contributed by atoms with Gasteiger partial charge in [-0.2, -0.15) is 0 Å². The molecule has 2 amide bonds. The number of amides is 2. The normalized spacial score (nSPS) is 15.1. The van der Waals surface area contributed by atoms with Gasteiger partial charge in [-0.25, -0.2) is 0 Å². The van der Waals surface area contributed by atoms with Crippen LogP contribution in [0.2, 0.25) is 0 Å². The zero-order valence-corrected chi connectivity index (χ0v) is 15.9. The molecule has 1 aliphatic heterocycles. The second-order valence-corrected chi connectivity index (χ2v) is 6.97. The van der Waals surface area contributed by atoms with Gasteiger partial charge in [0.05, 0.1) is 19.6 Å². The molecule has 2 rings (SSSR count). The molecule has 1 saturated heterocycles. The van der Waals surface area contributed by atoms with Crippen LogP contribution in [0.3, 0.4) is 0 Å². The third kappa shape index (κ3) is 4.37. The van der Waals surface area contributed by atoms with Gasteiger partial charge in [-0.1, -0.05) is 0 Å². The van der Waals surface area contributed by atoms with Crippen LogP contribution in [0.4, 0.5) is 0 Å². The van der Waals surface area contributed by atoms with Crippen molar-refractivity contribution in [2.24, 2.45) is 5.41 Å². The zero-order chi connectivity index (χ0) is 18.6. The molecule has 1 aromatic carbocycles. The van der Waals surface area contributed by atoms with Crippen LogP contribution in [0.15, 0.2) is 18.2 Å². The molecule has 1 aliphatic rings. The highest BCUT2D eigenvalue weighted by Crippen LogP contribution is 2.25. The Morgan fingerprint density at radius 1 is 1.00 bits per heavy atom. The number of halogens is 1. The van der Waals surface area contributed by atoms with Crippen molar-refractivity contribution in [1.82, 2.24) is 9.80 Å². The van der Waals surface area contributed by atoms with Crippen LogP contribution < -0.4 is 9.47 Å². The molecule has 0 aromatic heterocycles. The molecule has 0 unspecified atom stereocenters. The first-order valence-electron chi connectivity index (χ1n) is 8.20. The standard InChI is InChI=1S/C18H25ClN2O4/c1-18(2,12-19)17(23)21-7-5-20(6-8-21)16(22)13-9-14(24-3)11-15(10-13)25-4/h9-11H,5-8,12H2,1-4H3. The van der Waals surface area contributed by atoms with Crippen LogP contribution in [0, 0.1) is 5.41 Å². The number of hydrogen-bond donors (Lipinski definition) is 0. The van der Waals surface area contributed by atoms with Crippen LogP contribution in [0.5, 0.6) is 11.5 Å². The minimum Gasteiger partial charge on any atom is -0.497 e. The number of ether oxygens (including phenoxy) is 2. The van der Waals surface area contributed by atoms with Gasteiger partial charge in [-0.15, -0.1) is 11.6 Å². The summed E-state index contributed by atoms with van der Waals surface area (Å²) in [7, 11) is 3.10. The van der Waals surface area contributed by atoms with Gasteiger partial charge in [-0.3, -0.25) is 9.59 Å². The summed E-state index contributed by atoms with van der Waals surface area (Å²) < 4.78 is 10.4. The van der Waals surface area contributed by atoms with Crippen molar-refractivity contribution < 1.29 is 19.1 Å². The maximum atomic E-state index is 12.8. The number of rotatable bonds is 5. The Morgan fingerprint density at radius 3 is 1.92 bits per heavy atom. The smallest absolute Gasteiger partial charge is 0.254 e. The van der Waals surface area contributed by atoms with Gasteiger partial charge < -0.3 is 19.3 Å². The highest BCUT2D eigenvalue weighted by molar-refractivity contribution is 6.19. The van der Waals surface area contributed by atoms with E-state index in [1.54, 1.807) is 42.2 Å². The van der Waals surface area contributed by atoms with Crippen molar-refractivity contribution in [3.63, 3.8) is 0 Å². The van der Waals surface area contributed by atoms with Gasteiger partial charge >= 0.3 is 0 Å². The highest BCUT2D eigenvalue weighted by atomic mass is 35.5. The van der Waals surface area contributed by atoms with Crippen molar-refractivity contribution in [2.75, 3.05) is 46.3 Å². The van der Waals surface area contributed by atoms with Crippen LogP contribution >= 0.6 is 11.6 Å². The molecule has 0 atom stereocenters. The van der Waals surface area contributed by atoms with Crippen molar-refractivity contribution in [1.29, 1.82) is 0 Å². The fraction of sp³-hybridized carbons (Fsp3) is 0.556. The Hall–Kier alpha value is -1.95. The molecular formula is C18H25ClN2O4. The fourth-order valence-electron chi connectivity index (χ4n) is 2.71. The summed E-state index contributed by atoms with van der Waals surface area (Å²) in [4.78, 5) is 28.7. The Balaban J connectivity index is 2.06. The summed E-state index contributed by atoms with van der Waals surface area (Å²) in [6.07, 6.45) is 0. The second-order valence-electron chi connectivity index (χ2n) is 6.70. The van der Waals surface area contributed by atoms with E-state index in [2.05, 4.69) is 0 Å². The van der Waals surface area contributed by atoms with Crippen LogP contribution in [-0.4, -0.2) is 67.9 Å². The van der Waals surface area contributed by atoms with Crippen molar-refractivity contribution in [3.05, 3.63) is 23.8 Å². The van der Waals surface area contributed by atoms with Gasteiger partial charge in [-0.05, 0) is 26.0 Å². The predicted molar refractivity (Wildman–Crippen MR) is 96.5 cm³/mol. The first-order valence-corrected chi connectivity index (χ1v) is 8.73. The Bertz CT molecular complexity index is 618. The predicted octanol–water partition coefficient (Wildman–Crippen LogP) is 2.25. The lowest BCUT2D eigenvalue weighted by atomic mass is 9.94. The van der Waals surface area contributed by atoms with Crippen LogP contribution in [0.25, 0.3) is 0 Å². The molecule has 0 N–H and O–H groups in total. The van der Waals surface area contributed by atoms with Gasteiger partial charge in [0.2, 0.25) is 5.91 Å². The Labute approximate surface area is 153 Å². The molecular weight excluding hydrogens is 344 g/mol. The van der Waals surface area contributed by atoms with E-state index in [4.69, 9.17) is 21.1 Å². The number of hydrogen-bond acceptors (Lipinski definition) is 4. The number of nitrogens with zero attached hydrogens (tertiary/aromatic N) is 2. The number of carbonyl (C=O) groups is 2. The van der Waals surface area contributed by atoms with E-state index in [0.29, 0.717) is 43.2 Å². The summed E-state index contributed by atoms with van der Waals surface area (Å²) in [6, 6.07) is 5.11. The third-order valence-corrected chi connectivity index (χ3v) is 5.03. The lowest BCUT2D eigenvalue weighted by Gasteiger charge is -2.38. The Kier molecular flexibility index (Phi) is 6.16. The van der Waals surface area contributed by atoms with Crippen molar-refractivity contribution in [3.8, 4) is 11.5 Å². The average molecular weight is 369 g/mol. The minimum atomic E-state index is -0.589. The van der Waals surface area contributed by atoms with Crippen molar-refractivity contribution >= 4 is 23.4 Å². The molecule has 0 spiro atoms. The monoisotopic (exact) mass is 368 g/mol. The van der Waals surface area contributed by atoms with Crippen molar-refractivity contribution in [2.45, 2.75) is 13.8 Å². The van der Waals surface area contributed by atoms with E-state index in [1.165, 1.54) is 0 Å². The van der Waals surface area contributed by atoms with E-state index >= 15 is 0 Å². The molecule has 7 heteroatoms. The maximum absolute atomic E-state index is 12.8. The minimum absolute atomic E-state index is 0.0256. The number of benzene rings is 1. The van der Waals surface area contributed by atoms with Gasteiger partial charge in [0.25, 0.3) is 5.91 Å². The molecule has 0 bridgehead atoms. The van der Waals surface area contributed by atoms with Crippen LogP contribution in [-0.2, 0) is 4.79 Å². The van der Waals surface area contributed by atoms with E-state index < -0.39 is 5.41 Å². The molecule has 0 radical (unpaired) electrons. The first-order chi connectivity index (χ1) is 11.8. The summed E-state index contributed by atoms with van der Waals surface area (Å²) in [5.74, 6) is 1.34. The fourth-order valence-corrected chi connectivity index (χ4v) is 2.83. The quantitative estimate of drug-likeness (QED) is 0.748. The Morgan fingerprint density at radius 2 is 1.48 bits per heavy atom. The highest BCUT2D eigenvalue weighted by Gasteiger charge is 2.33. The maximum Gasteiger partial charge on any atom is 0.254 e. The molecule has 138 valence electrons. The summed E-state index contributed by atoms with van der Waals surface area (Å²) in [5.41, 5.74) is -0.0782. The number of alkyl halides is 1. The summed E-state index contributed by atoms with van der Waals surface area (Å²) in [5, 5.41) is 0. The molecule has 1 heterocycles. The lowest BCUT2D eigenvalue weighted by Crippen LogP contribution is -2.53. The number of piperazine rings is 1. The average Bonchev–Trinajstić information content (AvgIpc) is 2.66. The third-order valence-electron chi connectivity index (χ3n) is 4.37. The van der Waals surface area contributed by atoms with Gasteiger partial charge in [0, 0.05) is 43.7 Å². The SMILES string of the molecule is COc1cc(OC)cc(C(=O)N2CCN(C(=O)C(C)(C)CCl)CC2)c1. The largest absolute Gasteiger partial charge is 0.497 e. The lowest BCUT2D eigenvalue weighted by molar-refractivity contribution is -0.140. The van der Waals surface area contributed by atoms with E-state index in [9.17, 15) is 9.59 Å². The van der Waals surface area contributed by atoms with Gasteiger partial charge in [0.15, 0.2) is 0 Å². The molecule has 25 heavy (non-hydrogen) atoms. The van der Waals surface area contributed by atoms with E-state index in [1.807, 2.05) is 13.8 Å². The summed E-state index contributed by atoms with van der Waals surface area (Å²) >= 11 is 5.89. The van der Waals surface area contributed by atoms with Gasteiger partial charge in [0.1, 0.15) is 11.5 Å². The zero-order valence-electron chi connectivity index (χ0n) is 15.2. The molecule has 0 aliphatic carbocycles.